The number of benzene rings is 8. The van der Waals surface area contributed by atoms with Gasteiger partial charge in [-0.3, -0.25) is 0 Å². The lowest BCUT2D eigenvalue weighted by atomic mass is 9.81. The van der Waals surface area contributed by atoms with Gasteiger partial charge < -0.3 is 13.7 Å². The summed E-state index contributed by atoms with van der Waals surface area (Å²) in [4.78, 5) is 2.30. The Kier molecular flexibility index (Phi) is 6.60. The number of furan rings is 2. The van der Waals surface area contributed by atoms with Crippen molar-refractivity contribution in [1.82, 2.24) is 0 Å². The maximum atomic E-state index is 6.99. The molecule has 8 aromatic carbocycles. The summed E-state index contributed by atoms with van der Waals surface area (Å²) in [5.41, 5.74) is 16.5. The monoisotopic (exact) mass is 693 g/mol. The molecule has 1 aliphatic carbocycles. The van der Waals surface area contributed by atoms with Crippen LogP contribution in [0.1, 0.15) is 25.0 Å². The molecule has 1 aliphatic rings. The summed E-state index contributed by atoms with van der Waals surface area (Å²) in [6.07, 6.45) is 0. The minimum Gasteiger partial charge on any atom is -0.456 e. The molecule has 54 heavy (non-hydrogen) atoms. The van der Waals surface area contributed by atoms with Crippen LogP contribution in [0.4, 0.5) is 17.1 Å². The molecule has 3 nitrogen and oxygen atoms in total. The minimum absolute atomic E-state index is 0.133. The van der Waals surface area contributed by atoms with Gasteiger partial charge in [-0.15, -0.1) is 0 Å². The fraction of sp³-hybridized carbons (Fsp3) is 0.0588. The molecule has 256 valence electrons. The van der Waals surface area contributed by atoms with E-state index in [2.05, 4.69) is 176 Å². The van der Waals surface area contributed by atoms with Crippen molar-refractivity contribution in [2.45, 2.75) is 19.3 Å². The van der Waals surface area contributed by atoms with Gasteiger partial charge in [0.05, 0.1) is 0 Å². The van der Waals surface area contributed by atoms with E-state index in [-0.39, 0.29) is 5.41 Å². The fourth-order valence-corrected chi connectivity index (χ4v) is 8.92. The largest absolute Gasteiger partial charge is 0.456 e. The summed E-state index contributed by atoms with van der Waals surface area (Å²) in [5.74, 6) is 0. The maximum absolute atomic E-state index is 6.99. The molecular formula is C51H35NO2. The van der Waals surface area contributed by atoms with Crippen molar-refractivity contribution in [2.75, 3.05) is 4.90 Å². The number of anilines is 3. The molecule has 0 spiro atoms. The Bertz CT molecular complexity index is 3020. The Balaban J connectivity index is 1.15. The minimum atomic E-state index is -0.133. The number of rotatable bonds is 5. The highest BCUT2D eigenvalue weighted by molar-refractivity contribution is 6.27. The molecule has 10 aromatic rings. The van der Waals surface area contributed by atoms with Crippen LogP contribution in [0.5, 0.6) is 0 Å². The normalized spacial score (nSPS) is 13.1. The predicted octanol–water partition coefficient (Wildman–Crippen LogP) is 14.6. The smallest absolute Gasteiger partial charge is 0.143 e. The van der Waals surface area contributed by atoms with E-state index < -0.39 is 0 Å². The molecule has 3 heteroatoms. The van der Waals surface area contributed by atoms with Gasteiger partial charge in [-0.1, -0.05) is 123 Å². The Morgan fingerprint density at radius 2 is 0.981 bits per heavy atom. The Labute approximate surface area is 313 Å². The molecule has 0 saturated heterocycles. The van der Waals surface area contributed by atoms with Crippen molar-refractivity contribution in [3.63, 3.8) is 0 Å². The van der Waals surface area contributed by atoms with Crippen LogP contribution in [0.15, 0.2) is 185 Å². The summed E-state index contributed by atoms with van der Waals surface area (Å²) >= 11 is 0. The lowest BCUT2D eigenvalue weighted by molar-refractivity contribution is 0.660. The summed E-state index contributed by atoms with van der Waals surface area (Å²) in [6, 6.07) is 62.8. The molecule has 0 radical (unpaired) electrons. The van der Waals surface area contributed by atoms with E-state index >= 15 is 0 Å². The lowest BCUT2D eigenvalue weighted by Gasteiger charge is -2.25. The molecule has 0 amide bonds. The molecular weight excluding hydrogens is 659 g/mol. The highest BCUT2D eigenvalue weighted by Crippen LogP contribution is 2.52. The van der Waals surface area contributed by atoms with Crippen molar-refractivity contribution in [2.24, 2.45) is 0 Å². The number of para-hydroxylation sites is 3. The Morgan fingerprint density at radius 1 is 0.407 bits per heavy atom. The fourth-order valence-electron chi connectivity index (χ4n) is 8.92. The zero-order valence-corrected chi connectivity index (χ0v) is 30.0. The lowest BCUT2D eigenvalue weighted by Crippen LogP contribution is -2.14. The first-order valence-corrected chi connectivity index (χ1v) is 18.6. The van der Waals surface area contributed by atoms with Gasteiger partial charge in [0.2, 0.25) is 0 Å². The van der Waals surface area contributed by atoms with E-state index in [1.54, 1.807) is 0 Å². The third-order valence-corrected chi connectivity index (χ3v) is 11.5. The van der Waals surface area contributed by atoms with Crippen molar-refractivity contribution in [3.8, 4) is 33.4 Å². The van der Waals surface area contributed by atoms with Gasteiger partial charge in [0.1, 0.15) is 22.3 Å². The summed E-state index contributed by atoms with van der Waals surface area (Å²) in [7, 11) is 0. The topological polar surface area (TPSA) is 29.5 Å². The standard InChI is InChI=1S/C51H35NO2/c1-51(2)42-19-11-9-17-38(42)39-26-23-33(31-43(39)51)47-37(32-21-24-36(25-22-32)52(34-13-5-3-6-14-34)35-15-7-4-8-16-35)27-28-41-49-46(54-50(41)47)30-29-45-48(49)40-18-10-12-20-44(40)53-45/h3-31H,1-2H3. The van der Waals surface area contributed by atoms with Crippen LogP contribution in [0.25, 0.3) is 77.3 Å². The van der Waals surface area contributed by atoms with E-state index in [1.807, 2.05) is 18.2 Å². The van der Waals surface area contributed by atoms with Gasteiger partial charge in [0.15, 0.2) is 0 Å². The second-order valence-corrected chi connectivity index (χ2v) is 14.9. The van der Waals surface area contributed by atoms with Gasteiger partial charge in [-0.05, 0) is 106 Å². The number of hydrogen-bond donors (Lipinski definition) is 0. The summed E-state index contributed by atoms with van der Waals surface area (Å²) in [5, 5.41) is 4.36. The molecule has 2 aromatic heterocycles. The third kappa shape index (κ3) is 4.48. The van der Waals surface area contributed by atoms with Gasteiger partial charge in [0, 0.05) is 49.6 Å². The average molecular weight is 694 g/mol. The third-order valence-electron chi connectivity index (χ3n) is 11.5. The first-order chi connectivity index (χ1) is 26.5. The SMILES string of the molecule is CC1(C)c2ccccc2-c2ccc(-c3c(-c4ccc(N(c5ccccc5)c5ccccc5)cc4)ccc4c3oc3ccc5oc6ccccc6c5c34)cc21. The van der Waals surface area contributed by atoms with Crippen LogP contribution in [0.2, 0.25) is 0 Å². The van der Waals surface area contributed by atoms with Crippen LogP contribution < -0.4 is 4.90 Å². The maximum Gasteiger partial charge on any atom is 0.143 e. The first kappa shape index (κ1) is 30.8. The van der Waals surface area contributed by atoms with Crippen LogP contribution in [0, 0.1) is 0 Å². The number of nitrogens with zero attached hydrogens (tertiary/aromatic N) is 1. The Morgan fingerprint density at radius 3 is 1.74 bits per heavy atom. The van der Waals surface area contributed by atoms with Crippen molar-refractivity contribution < 1.29 is 8.83 Å². The molecule has 2 heterocycles. The molecule has 0 unspecified atom stereocenters. The second-order valence-electron chi connectivity index (χ2n) is 14.9. The zero-order valence-electron chi connectivity index (χ0n) is 30.0. The molecule has 0 fully saturated rings. The quantitative estimate of drug-likeness (QED) is 0.180. The van der Waals surface area contributed by atoms with Gasteiger partial charge >= 0.3 is 0 Å². The van der Waals surface area contributed by atoms with Crippen LogP contribution in [-0.2, 0) is 5.41 Å². The van der Waals surface area contributed by atoms with Gasteiger partial charge in [0.25, 0.3) is 0 Å². The van der Waals surface area contributed by atoms with Crippen LogP contribution in [0.3, 0.4) is 0 Å². The van der Waals surface area contributed by atoms with Gasteiger partial charge in [-0.2, -0.15) is 0 Å². The molecule has 0 bridgehead atoms. The molecule has 0 aliphatic heterocycles. The average Bonchev–Trinajstić information content (AvgIpc) is 3.86. The van der Waals surface area contributed by atoms with E-state index in [4.69, 9.17) is 8.83 Å². The van der Waals surface area contributed by atoms with Crippen LogP contribution >= 0.6 is 0 Å². The molecule has 11 rings (SSSR count). The van der Waals surface area contributed by atoms with Crippen molar-refractivity contribution >= 4 is 60.9 Å². The van der Waals surface area contributed by atoms with Gasteiger partial charge in [-0.25, -0.2) is 0 Å². The highest BCUT2D eigenvalue weighted by atomic mass is 16.3. The van der Waals surface area contributed by atoms with E-state index in [9.17, 15) is 0 Å². The highest BCUT2D eigenvalue weighted by Gasteiger charge is 2.35. The van der Waals surface area contributed by atoms with Crippen molar-refractivity contribution in [3.05, 3.63) is 187 Å². The summed E-state index contributed by atoms with van der Waals surface area (Å²) < 4.78 is 13.3. The van der Waals surface area contributed by atoms with E-state index in [1.165, 1.54) is 22.3 Å². The summed E-state index contributed by atoms with van der Waals surface area (Å²) in [6.45, 7) is 4.68. The predicted molar refractivity (Wildman–Crippen MR) is 224 cm³/mol. The molecule has 0 saturated carbocycles. The Hall–Kier alpha value is -6.84. The van der Waals surface area contributed by atoms with Crippen molar-refractivity contribution in [1.29, 1.82) is 0 Å². The number of hydrogen-bond acceptors (Lipinski definition) is 3. The van der Waals surface area contributed by atoms with Crippen LogP contribution in [-0.4, -0.2) is 0 Å². The second kappa shape index (κ2) is 11.6. The van der Waals surface area contributed by atoms with E-state index in [0.717, 1.165) is 83.2 Å². The first-order valence-electron chi connectivity index (χ1n) is 18.6. The van der Waals surface area contributed by atoms with E-state index in [0.29, 0.717) is 0 Å². The molecule has 0 N–H and O–H groups in total. The number of fused-ring (bicyclic) bond motifs is 10. The molecule has 0 atom stereocenters. The zero-order chi connectivity index (χ0) is 36.0.